The van der Waals surface area contributed by atoms with Crippen molar-refractivity contribution in [1.29, 1.82) is 0 Å². The van der Waals surface area contributed by atoms with E-state index in [0.717, 1.165) is 106 Å². The van der Waals surface area contributed by atoms with Gasteiger partial charge in [0, 0.05) is 21.5 Å². The van der Waals surface area contributed by atoms with Gasteiger partial charge in [-0.15, -0.1) is 0 Å². The number of hydrogen-bond donors (Lipinski definition) is 0. The van der Waals surface area contributed by atoms with Crippen LogP contribution in [0.1, 0.15) is 77.3 Å². The lowest BCUT2D eigenvalue weighted by atomic mass is 9.84. The van der Waals surface area contributed by atoms with Crippen molar-refractivity contribution in [1.82, 2.24) is 0 Å². The summed E-state index contributed by atoms with van der Waals surface area (Å²) in [5.41, 5.74) is 4.53. The minimum absolute atomic E-state index is 0.215. The maximum Gasteiger partial charge on any atom is 0.513 e. The average molecular weight is 671 g/mol. The first-order valence-corrected chi connectivity index (χ1v) is 18.1. The van der Waals surface area contributed by atoms with Gasteiger partial charge in [-0.1, -0.05) is 124 Å². The van der Waals surface area contributed by atoms with Crippen molar-refractivity contribution in [2.24, 2.45) is 0 Å². The number of benzene rings is 6. The summed E-state index contributed by atoms with van der Waals surface area (Å²) in [7, 11) is 0. The maximum atomic E-state index is 12.9. The highest BCUT2D eigenvalue weighted by atomic mass is 16.7. The number of aryl methyl sites for hydroxylation is 2. The van der Waals surface area contributed by atoms with E-state index in [1.54, 1.807) is 13.8 Å². The lowest BCUT2D eigenvalue weighted by Crippen LogP contribution is -2.11. The molecule has 0 aliphatic heterocycles. The predicted molar refractivity (Wildman–Crippen MR) is 204 cm³/mol. The van der Waals surface area contributed by atoms with Gasteiger partial charge in [0.15, 0.2) is 0 Å². The van der Waals surface area contributed by atoms with Gasteiger partial charge in [0.1, 0.15) is 11.5 Å². The van der Waals surface area contributed by atoms with E-state index in [0.29, 0.717) is 11.5 Å². The third kappa shape index (κ3) is 7.11. The molecule has 6 rings (SSSR count). The summed E-state index contributed by atoms with van der Waals surface area (Å²) in [5.74, 6) is 0.961. The fourth-order valence-electron chi connectivity index (χ4n) is 7.06. The topological polar surface area (TPSA) is 71.1 Å². The van der Waals surface area contributed by atoms with E-state index >= 15 is 0 Å². The van der Waals surface area contributed by atoms with Crippen molar-refractivity contribution in [3.8, 4) is 22.6 Å². The Morgan fingerprint density at radius 3 is 1.22 bits per heavy atom. The van der Waals surface area contributed by atoms with E-state index in [1.165, 1.54) is 11.1 Å². The summed E-state index contributed by atoms with van der Waals surface area (Å²) in [4.78, 5) is 25.7. The van der Waals surface area contributed by atoms with E-state index in [1.807, 2.05) is 36.4 Å². The van der Waals surface area contributed by atoms with Crippen LogP contribution in [0.4, 0.5) is 9.59 Å². The molecule has 6 aromatic carbocycles. The molecule has 0 amide bonds. The summed E-state index contributed by atoms with van der Waals surface area (Å²) < 4.78 is 22.6. The number of carbonyl (C=O) groups excluding carboxylic acids is 2. The second-order valence-electron chi connectivity index (χ2n) is 12.7. The van der Waals surface area contributed by atoms with Gasteiger partial charge in [0.25, 0.3) is 0 Å². The first kappa shape index (κ1) is 34.8. The number of carbonyl (C=O) groups is 2. The molecule has 6 aromatic rings. The van der Waals surface area contributed by atoms with Gasteiger partial charge in [0.05, 0.1) is 13.2 Å². The van der Waals surface area contributed by atoms with Gasteiger partial charge in [0.2, 0.25) is 0 Å². The molecule has 0 bridgehead atoms. The van der Waals surface area contributed by atoms with Gasteiger partial charge >= 0.3 is 12.3 Å². The normalized spacial score (nSPS) is 11.4. The molecule has 6 nitrogen and oxygen atoms in total. The Labute approximate surface area is 294 Å². The zero-order valence-electron chi connectivity index (χ0n) is 29.6. The highest BCUT2D eigenvalue weighted by Crippen LogP contribution is 2.50. The SMILES string of the molecule is CCCCCc1ccc2c(OC(=O)OCC)c3ccccc3c(-c3c4ccccc4c(OC(=O)OCC)c4ccc(CCCCC)cc34)c2c1. The second kappa shape index (κ2) is 16.1. The Kier molecular flexibility index (Phi) is 11.2. The van der Waals surface area contributed by atoms with Crippen LogP contribution in [0.25, 0.3) is 54.2 Å². The molecule has 6 heteroatoms. The largest absolute Gasteiger partial charge is 0.513 e. The Morgan fingerprint density at radius 1 is 0.460 bits per heavy atom. The summed E-state index contributed by atoms with van der Waals surface area (Å²) in [6.45, 7) is 8.40. The highest BCUT2D eigenvalue weighted by molar-refractivity contribution is 6.27. The van der Waals surface area contributed by atoms with Crippen LogP contribution < -0.4 is 9.47 Å². The van der Waals surface area contributed by atoms with E-state index in [-0.39, 0.29) is 13.2 Å². The van der Waals surface area contributed by atoms with Gasteiger partial charge < -0.3 is 18.9 Å². The number of fused-ring (bicyclic) bond motifs is 4. The smallest absolute Gasteiger partial charge is 0.434 e. The van der Waals surface area contributed by atoms with E-state index in [4.69, 9.17) is 18.9 Å². The fourth-order valence-corrected chi connectivity index (χ4v) is 7.06. The molecule has 0 saturated heterocycles. The highest BCUT2D eigenvalue weighted by Gasteiger charge is 2.25. The predicted octanol–water partition coefficient (Wildman–Crippen LogP) is 12.5. The van der Waals surface area contributed by atoms with Gasteiger partial charge in [-0.05, 0) is 83.3 Å². The van der Waals surface area contributed by atoms with Crippen molar-refractivity contribution in [2.75, 3.05) is 13.2 Å². The minimum Gasteiger partial charge on any atom is -0.434 e. The molecule has 0 radical (unpaired) electrons. The fraction of sp³-hybridized carbons (Fsp3) is 0.318. The van der Waals surface area contributed by atoms with Crippen molar-refractivity contribution < 1.29 is 28.5 Å². The molecule has 0 saturated carbocycles. The van der Waals surface area contributed by atoms with Crippen LogP contribution in [0, 0.1) is 0 Å². The molecule has 0 atom stereocenters. The van der Waals surface area contributed by atoms with Crippen LogP contribution in [0.5, 0.6) is 11.5 Å². The molecule has 0 aromatic heterocycles. The Balaban J connectivity index is 1.76. The standard InChI is InChI=1S/C44H46O6/c1-5-9-11-17-29-23-25-35-37(27-29)39(31-19-13-15-21-33(31)41(35)49-43(45)47-7-3)40-32-20-14-16-22-34(32)42(50-44(46)48-8-4)36-26-24-30(28-38(36)40)18-12-10-6-2/h13-16,19-28H,5-12,17-18H2,1-4H3. The third-order valence-corrected chi connectivity index (χ3v) is 9.36. The summed E-state index contributed by atoms with van der Waals surface area (Å²) >= 11 is 0. The van der Waals surface area contributed by atoms with Crippen molar-refractivity contribution in [3.05, 3.63) is 96.1 Å². The van der Waals surface area contributed by atoms with Crippen LogP contribution in [0.3, 0.4) is 0 Å². The number of unbranched alkanes of at least 4 members (excludes halogenated alkanes) is 4. The first-order valence-electron chi connectivity index (χ1n) is 18.1. The quantitative estimate of drug-likeness (QED) is 0.0527. The first-order chi connectivity index (χ1) is 24.5. The van der Waals surface area contributed by atoms with Crippen LogP contribution in [0.2, 0.25) is 0 Å². The Bertz CT molecular complexity index is 2010. The van der Waals surface area contributed by atoms with Crippen LogP contribution in [0.15, 0.2) is 84.9 Å². The summed E-state index contributed by atoms with van der Waals surface area (Å²) in [6, 6.07) is 29.2. The summed E-state index contributed by atoms with van der Waals surface area (Å²) in [5, 5.41) is 7.15. The molecule has 258 valence electrons. The van der Waals surface area contributed by atoms with Crippen LogP contribution >= 0.6 is 0 Å². The second-order valence-corrected chi connectivity index (χ2v) is 12.7. The zero-order valence-corrected chi connectivity index (χ0v) is 29.6. The monoisotopic (exact) mass is 670 g/mol. The van der Waals surface area contributed by atoms with Crippen molar-refractivity contribution in [2.45, 2.75) is 79.1 Å². The summed E-state index contributed by atoms with van der Waals surface area (Å²) in [6.07, 6.45) is 7.18. The molecule has 0 heterocycles. The van der Waals surface area contributed by atoms with E-state index in [9.17, 15) is 9.59 Å². The van der Waals surface area contributed by atoms with Gasteiger partial charge in [-0.2, -0.15) is 0 Å². The number of ether oxygens (including phenoxy) is 4. The molecule has 0 aliphatic carbocycles. The molecule has 50 heavy (non-hydrogen) atoms. The van der Waals surface area contributed by atoms with E-state index < -0.39 is 12.3 Å². The lowest BCUT2D eigenvalue weighted by molar-refractivity contribution is 0.104. The third-order valence-electron chi connectivity index (χ3n) is 9.36. The number of hydrogen-bond acceptors (Lipinski definition) is 6. The molecule has 0 spiro atoms. The number of rotatable bonds is 13. The molecule has 0 fully saturated rings. The maximum absolute atomic E-state index is 12.9. The molecular formula is C44H46O6. The lowest BCUT2D eigenvalue weighted by Gasteiger charge is -2.22. The van der Waals surface area contributed by atoms with Crippen molar-refractivity contribution in [3.63, 3.8) is 0 Å². The minimum atomic E-state index is -0.730. The average Bonchev–Trinajstić information content (AvgIpc) is 3.12. The van der Waals surface area contributed by atoms with Gasteiger partial charge in [-0.3, -0.25) is 0 Å². The Morgan fingerprint density at radius 2 is 0.840 bits per heavy atom. The van der Waals surface area contributed by atoms with Crippen LogP contribution in [-0.2, 0) is 22.3 Å². The Hall–Kier alpha value is -5.10. The van der Waals surface area contributed by atoms with Crippen LogP contribution in [-0.4, -0.2) is 25.5 Å². The molecule has 0 N–H and O–H groups in total. The van der Waals surface area contributed by atoms with Gasteiger partial charge in [-0.25, -0.2) is 9.59 Å². The zero-order chi connectivity index (χ0) is 35.0. The van der Waals surface area contributed by atoms with Crippen molar-refractivity contribution >= 4 is 55.4 Å². The molecule has 0 aliphatic rings. The molecular weight excluding hydrogens is 624 g/mol. The van der Waals surface area contributed by atoms with E-state index in [2.05, 4.69) is 62.4 Å². The molecule has 0 unspecified atom stereocenters.